The van der Waals surface area contributed by atoms with Gasteiger partial charge in [0.05, 0.1) is 25.8 Å². The minimum atomic E-state index is -0.115. The lowest BCUT2D eigenvalue weighted by atomic mass is 10.0. The maximum absolute atomic E-state index is 12.2. The molecule has 1 N–H and O–H groups in total. The summed E-state index contributed by atoms with van der Waals surface area (Å²) in [6.45, 7) is 3.49. The van der Waals surface area contributed by atoms with Crippen molar-refractivity contribution in [3.63, 3.8) is 0 Å². The van der Waals surface area contributed by atoms with Crippen LogP contribution < -0.4 is 5.32 Å². The van der Waals surface area contributed by atoms with E-state index in [4.69, 9.17) is 4.74 Å². The lowest BCUT2D eigenvalue weighted by Gasteiger charge is -2.31. The Hall–Kier alpha value is -0.850. The first-order chi connectivity index (χ1) is 9.18. The first-order valence-electron chi connectivity index (χ1n) is 7.02. The van der Waals surface area contributed by atoms with Gasteiger partial charge in [0.25, 0.3) is 0 Å². The molecular formula is C13H24ClN3O3. The van der Waals surface area contributed by atoms with Crippen LogP contribution in [0.4, 0.5) is 0 Å². The topological polar surface area (TPSA) is 61.9 Å². The van der Waals surface area contributed by atoms with Crippen LogP contribution >= 0.6 is 12.4 Å². The van der Waals surface area contributed by atoms with Gasteiger partial charge in [-0.15, -0.1) is 12.4 Å². The van der Waals surface area contributed by atoms with Gasteiger partial charge in [-0.2, -0.15) is 0 Å². The average molecular weight is 306 g/mol. The lowest BCUT2D eigenvalue weighted by molar-refractivity contribution is -0.143. The number of hydrogen-bond donors (Lipinski definition) is 1. The minimum absolute atomic E-state index is 0. The molecule has 7 heteroatoms. The number of halogens is 1. The molecular weight excluding hydrogens is 282 g/mol. The molecule has 0 spiro atoms. The third-order valence-electron chi connectivity index (χ3n) is 3.72. The van der Waals surface area contributed by atoms with Gasteiger partial charge in [0.2, 0.25) is 11.8 Å². The van der Waals surface area contributed by atoms with E-state index in [-0.39, 0.29) is 36.8 Å². The number of carbonyl (C=O) groups is 2. The Morgan fingerprint density at radius 2 is 2.00 bits per heavy atom. The van der Waals surface area contributed by atoms with Crippen molar-refractivity contribution in [1.29, 1.82) is 0 Å². The standard InChI is InChI=1S/C13H23N3O3.ClH/c1-15(13(18)11-4-2-3-5-14-11)10-12(17)16-6-8-19-9-7-16;/h11,14H,2-10H2,1H3;1H. The van der Waals surface area contributed by atoms with E-state index in [9.17, 15) is 9.59 Å². The van der Waals surface area contributed by atoms with Crippen molar-refractivity contribution in [2.45, 2.75) is 25.3 Å². The SMILES string of the molecule is CN(CC(=O)N1CCOCC1)C(=O)C1CCCCN1.Cl. The Morgan fingerprint density at radius 1 is 1.30 bits per heavy atom. The molecule has 2 aliphatic heterocycles. The van der Waals surface area contributed by atoms with E-state index in [1.54, 1.807) is 16.8 Å². The van der Waals surface area contributed by atoms with Gasteiger partial charge >= 0.3 is 0 Å². The number of hydrogen-bond acceptors (Lipinski definition) is 4. The van der Waals surface area contributed by atoms with Gasteiger partial charge in [-0.1, -0.05) is 6.42 Å². The maximum Gasteiger partial charge on any atom is 0.242 e. The molecule has 0 aliphatic carbocycles. The molecule has 1 atom stereocenters. The fraction of sp³-hybridized carbons (Fsp3) is 0.846. The van der Waals surface area contributed by atoms with Crippen LogP contribution in [0.3, 0.4) is 0 Å². The molecule has 2 amide bonds. The normalized spacial score (nSPS) is 22.9. The molecule has 0 bridgehead atoms. The predicted octanol–water partition coefficient (Wildman–Crippen LogP) is -0.132. The van der Waals surface area contributed by atoms with E-state index in [2.05, 4.69) is 5.32 Å². The van der Waals surface area contributed by atoms with Crippen molar-refractivity contribution in [3.8, 4) is 0 Å². The van der Waals surface area contributed by atoms with E-state index in [0.717, 1.165) is 25.8 Å². The average Bonchev–Trinajstić information content (AvgIpc) is 2.48. The number of morpholine rings is 1. The van der Waals surface area contributed by atoms with Gasteiger partial charge in [0.1, 0.15) is 0 Å². The highest BCUT2D eigenvalue weighted by atomic mass is 35.5. The van der Waals surface area contributed by atoms with Gasteiger partial charge in [-0.3, -0.25) is 9.59 Å². The molecule has 0 aromatic carbocycles. The van der Waals surface area contributed by atoms with Crippen LogP contribution in [-0.2, 0) is 14.3 Å². The van der Waals surface area contributed by atoms with Gasteiger partial charge in [0.15, 0.2) is 0 Å². The predicted molar refractivity (Wildman–Crippen MR) is 77.9 cm³/mol. The number of rotatable bonds is 3. The summed E-state index contributed by atoms with van der Waals surface area (Å²) < 4.78 is 5.21. The Morgan fingerprint density at radius 3 is 2.60 bits per heavy atom. The second kappa shape index (κ2) is 8.44. The number of nitrogens with zero attached hydrogens (tertiary/aromatic N) is 2. The molecule has 2 aliphatic rings. The molecule has 2 heterocycles. The molecule has 2 saturated heterocycles. The van der Waals surface area contributed by atoms with E-state index in [1.165, 1.54) is 0 Å². The zero-order chi connectivity index (χ0) is 13.7. The van der Waals surface area contributed by atoms with Crippen molar-refractivity contribution in [3.05, 3.63) is 0 Å². The summed E-state index contributed by atoms with van der Waals surface area (Å²) in [4.78, 5) is 27.5. The van der Waals surface area contributed by atoms with Crippen molar-refractivity contribution in [2.24, 2.45) is 0 Å². The maximum atomic E-state index is 12.2. The Labute approximate surface area is 126 Å². The number of ether oxygens (including phenoxy) is 1. The van der Waals surface area contributed by atoms with Crippen LogP contribution in [0, 0.1) is 0 Å². The fourth-order valence-corrected chi connectivity index (χ4v) is 2.52. The molecule has 0 saturated carbocycles. The van der Waals surface area contributed by atoms with E-state index >= 15 is 0 Å². The highest BCUT2D eigenvalue weighted by molar-refractivity contribution is 5.87. The van der Waals surface area contributed by atoms with Gasteiger partial charge in [-0.05, 0) is 19.4 Å². The largest absolute Gasteiger partial charge is 0.378 e. The quantitative estimate of drug-likeness (QED) is 0.789. The number of likely N-dealkylation sites (N-methyl/N-ethyl adjacent to an activating group) is 1. The van der Waals surface area contributed by atoms with Crippen molar-refractivity contribution < 1.29 is 14.3 Å². The molecule has 116 valence electrons. The van der Waals surface area contributed by atoms with E-state index < -0.39 is 0 Å². The van der Waals surface area contributed by atoms with Gasteiger partial charge < -0.3 is 19.9 Å². The summed E-state index contributed by atoms with van der Waals surface area (Å²) >= 11 is 0. The van der Waals surface area contributed by atoms with Crippen LogP contribution in [0.2, 0.25) is 0 Å². The zero-order valence-corrected chi connectivity index (χ0v) is 12.8. The Bertz CT molecular complexity index is 329. The molecule has 2 rings (SSSR count). The second-order valence-electron chi connectivity index (χ2n) is 5.19. The van der Waals surface area contributed by atoms with Crippen LogP contribution in [0.5, 0.6) is 0 Å². The first kappa shape index (κ1) is 17.2. The number of amides is 2. The Kier molecular flexibility index (Phi) is 7.26. The number of carbonyl (C=O) groups excluding carboxylic acids is 2. The molecule has 2 fully saturated rings. The minimum Gasteiger partial charge on any atom is -0.378 e. The van der Waals surface area contributed by atoms with Crippen LogP contribution in [0.1, 0.15) is 19.3 Å². The fourth-order valence-electron chi connectivity index (χ4n) is 2.52. The van der Waals surface area contributed by atoms with Crippen LogP contribution in [0.15, 0.2) is 0 Å². The summed E-state index contributed by atoms with van der Waals surface area (Å²) in [5.74, 6) is 0.0382. The third-order valence-corrected chi connectivity index (χ3v) is 3.72. The summed E-state index contributed by atoms with van der Waals surface area (Å²) in [6.07, 6.45) is 3.07. The second-order valence-corrected chi connectivity index (χ2v) is 5.19. The molecule has 0 aromatic rings. The van der Waals surface area contributed by atoms with E-state index in [0.29, 0.717) is 26.3 Å². The van der Waals surface area contributed by atoms with Crippen molar-refractivity contribution in [2.75, 3.05) is 46.4 Å². The van der Waals surface area contributed by atoms with Crippen LogP contribution in [-0.4, -0.2) is 74.1 Å². The van der Waals surface area contributed by atoms with Crippen molar-refractivity contribution >= 4 is 24.2 Å². The summed E-state index contributed by atoms with van der Waals surface area (Å²) in [5.41, 5.74) is 0. The lowest BCUT2D eigenvalue weighted by Crippen LogP contribution is -2.51. The monoisotopic (exact) mass is 305 g/mol. The summed E-state index contributed by atoms with van der Waals surface area (Å²) in [7, 11) is 1.71. The van der Waals surface area contributed by atoms with Crippen molar-refractivity contribution in [1.82, 2.24) is 15.1 Å². The molecule has 6 nitrogen and oxygen atoms in total. The van der Waals surface area contributed by atoms with Gasteiger partial charge in [-0.25, -0.2) is 0 Å². The number of piperidine rings is 1. The molecule has 1 unspecified atom stereocenters. The van der Waals surface area contributed by atoms with Gasteiger partial charge in [0, 0.05) is 20.1 Å². The zero-order valence-electron chi connectivity index (χ0n) is 12.0. The molecule has 0 aromatic heterocycles. The summed E-state index contributed by atoms with van der Waals surface area (Å²) in [6, 6.07) is -0.115. The number of nitrogens with one attached hydrogen (secondary N) is 1. The third kappa shape index (κ3) is 4.61. The highest BCUT2D eigenvalue weighted by Gasteiger charge is 2.26. The van der Waals surface area contributed by atoms with Crippen LogP contribution in [0.25, 0.3) is 0 Å². The molecule has 0 radical (unpaired) electrons. The van der Waals surface area contributed by atoms with E-state index in [1.807, 2.05) is 0 Å². The highest BCUT2D eigenvalue weighted by Crippen LogP contribution is 2.09. The molecule has 20 heavy (non-hydrogen) atoms. The smallest absolute Gasteiger partial charge is 0.242 e. The first-order valence-corrected chi connectivity index (χ1v) is 7.02. The Balaban J connectivity index is 0.00000200. The summed E-state index contributed by atoms with van der Waals surface area (Å²) in [5, 5.41) is 3.22.